The Morgan fingerprint density at radius 1 is 1.41 bits per heavy atom. The SMILES string of the molecule is CCN(c1ncc(F)cn1)C1CCCC1CN. The molecule has 1 saturated carbocycles. The van der Waals surface area contributed by atoms with E-state index in [4.69, 9.17) is 5.73 Å². The lowest BCUT2D eigenvalue weighted by atomic mass is 10.0. The van der Waals surface area contributed by atoms with Crippen LogP contribution in [0, 0.1) is 11.7 Å². The molecule has 17 heavy (non-hydrogen) atoms. The fourth-order valence-corrected chi connectivity index (χ4v) is 2.68. The van der Waals surface area contributed by atoms with E-state index >= 15 is 0 Å². The fraction of sp³-hybridized carbons (Fsp3) is 0.667. The third-order valence-electron chi connectivity index (χ3n) is 3.53. The van der Waals surface area contributed by atoms with Gasteiger partial charge in [0, 0.05) is 12.6 Å². The zero-order valence-electron chi connectivity index (χ0n) is 10.1. The van der Waals surface area contributed by atoms with Crippen LogP contribution in [-0.4, -0.2) is 29.1 Å². The molecule has 0 aromatic carbocycles. The summed E-state index contributed by atoms with van der Waals surface area (Å²) < 4.78 is 12.8. The summed E-state index contributed by atoms with van der Waals surface area (Å²) in [5.74, 6) is 0.717. The van der Waals surface area contributed by atoms with E-state index in [-0.39, 0.29) is 0 Å². The summed E-state index contributed by atoms with van der Waals surface area (Å²) in [6.07, 6.45) is 5.92. The molecule has 0 aliphatic heterocycles. The van der Waals surface area contributed by atoms with Crippen LogP contribution in [0.4, 0.5) is 10.3 Å². The van der Waals surface area contributed by atoms with Gasteiger partial charge < -0.3 is 10.6 Å². The van der Waals surface area contributed by atoms with Crippen molar-refractivity contribution in [1.82, 2.24) is 9.97 Å². The standard InChI is InChI=1S/C12H19FN4/c1-2-17(11-5-3-4-9(11)6-14)12-15-7-10(13)8-16-12/h7-9,11H,2-6,14H2,1H3. The zero-order chi connectivity index (χ0) is 12.3. The first-order valence-electron chi connectivity index (χ1n) is 6.20. The largest absolute Gasteiger partial charge is 0.338 e. The molecule has 1 aliphatic carbocycles. The highest BCUT2D eigenvalue weighted by Crippen LogP contribution is 2.30. The van der Waals surface area contributed by atoms with Gasteiger partial charge in [0.1, 0.15) is 0 Å². The molecule has 5 heteroatoms. The van der Waals surface area contributed by atoms with E-state index in [2.05, 4.69) is 21.8 Å². The maximum Gasteiger partial charge on any atom is 0.225 e. The van der Waals surface area contributed by atoms with E-state index in [1.165, 1.54) is 25.2 Å². The molecule has 1 heterocycles. The normalized spacial score (nSPS) is 23.9. The highest BCUT2D eigenvalue weighted by atomic mass is 19.1. The molecule has 0 radical (unpaired) electrons. The molecule has 4 nitrogen and oxygen atoms in total. The predicted octanol–water partition coefficient (Wildman–Crippen LogP) is 1.57. The van der Waals surface area contributed by atoms with Gasteiger partial charge in [-0.3, -0.25) is 0 Å². The lowest BCUT2D eigenvalue weighted by Crippen LogP contribution is -2.41. The van der Waals surface area contributed by atoms with Gasteiger partial charge in [0.2, 0.25) is 5.95 Å². The van der Waals surface area contributed by atoms with Crippen molar-refractivity contribution in [2.24, 2.45) is 11.7 Å². The minimum atomic E-state index is -0.397. The van der Waals surface area contributed by atoms with Crippen molar-refractivity contribution >= 4 is 5.95 Å². The Hall–Kier alpha value is -1.23. The zero-order valence-corrected chi connectivity index (χ0v) is 10.1. The summed E-state index contributed by atoms with van der Waals surface area (Å²) in [6, 6.07) is 0.399. The minimum absolute atomic E-state index is 0.397. The van der Waals surface area contributed by atoms with Crippen LogP contribution in [0.25, 0.3) is 0 Å². The molecule has 0 saturated heterocycles. The van der Waals surface area contributed by atoms with Crippen molar-refractivity contribution in [2.45, 2.75) is 32.2 Å². The van der Waals surface area contributed by atoms with E-state index in [9.17, 15) is 4.39 Å². The molecule has 2 atom stereocenters. The molecule has 1 aromatic heterocycles. The van der Waals surface area contributed by atoms with Gasteiger partial charge in [0.15, 0.2) is 5.82 Å². The molecule has 0 spiro atoms. The Morgan fingerprint density at radius 3 is 2.71 bits per heavy atom. The van der Waals surface area contributed by atoms with E-state index in [0.29, 0.717) is 24.5 Å². The Morgan fingerprint density at radius 2 is 2.12 bits per heavy atom. The van der Waals surface area contributed by atoms with Gasteiger partial charge in [-0.2, -0.15) is 0 Å². The average molecular weight is 238 g/mol. The van der Waals surface area contributed by atoms with Crippen LogP contribution in [0.2, 0.25) is 0 Å². The molecule has 2 N–H and O–H groups in total. The Bertz CT molecular complexity index is 354. The topological polar surface area (TPSA) is 55.0 Å². The molecule has 0 bridgehead atoms. The summed E-state index contributed by atoms with van der Waals surface area (Å²) in [6.45, 7) is 3.59. The van der Waals surface area contributed by atoms with Crippen molar-refractivity contribution in [3.05, 3.63) is 18.2 Å². The molecule has 1 aromatic rings. The Labute approximate surface area is 101 Å². The van der Waals surface area contributed by atoms with Crippen LogP contribution in [0.1, 0.15) is 26.2 Å². The van der Waals surface area contributed by atoms with Crippen LogP contribution < -0.4 is 10.6 Å². The van der Waals surface area contributed by atoms with Gasteiger partial charge >= 0.3 is 0 Å². The number of hydrogen-bond donors (Lipinski definition) is 1. The average Bonchev–Trinajstić information content (AvgIpc) is 2.81. The highest BCUT2D eigenvalue weighted by Gasteiger charge is 2.31. The van der Waals surface area contributed by atoms with Gasteiger partial charge in [-0.05, 0) is 32.2 Å². The molecular formula is C12H19FN4. The summed E-state index contributed by atoms with van der Waals surface area (Å²) >= 11 is 0. The summed E-state index contributed by atoms with van der Waals surface area (Å²) in [7, 11) is 0. The highest BCUT2D eigenvalue weighted by molar-refractivity contribution is 5.31. The molecule has 0 amide bonds. The molecule has 2 unspecified atom stereocenters. The van der Waals surface area contributed by atoms with E-state index in [0.717, 1.165) is 13.0 Å². The lowest BCUT2D eigenvalue weighted by Gasteiger charge is -2.31. The van der Waals surface area contributed by atoms with E-state index in [1.54, 1.807) is 0 Å². The number of hydrogen-bond acceptors (Lipinski definition) is 4. The number of halogens is 1. The quantitative estimate of drug-likeness (QED) is 0.865. The fourth-order valence-electron chi connectivity index (χ4n) is 2.68. The number of aromatic nitrogens is 2. The second-order valence-corrected chi connectivity index (χ2v) is 4.48. The summed E-state index contributed by atoms with van der Waals surface area (Å²) in [4.78, 5) is 10.3. The minimum Gasteiger partial charge on any atom is -0.338 e. The maximum absolute atomic E-state index is 12.8. The summed E-state index contributed by atoms with van der Waals surface area (Å²) in [5, 5.41) is 0. The van der Waals surface area contributed by atoms with Gasteiger partial charge in [-0.25, -0.2) is 14.4 Å². The number of anilines is 1. The monoisotopic (exact) mass is 238 g/mol. The van der Waals surface area contributed by atoms with Crippen LogP contribution in [-0.2, 0) is 0 Å². The number of nitrogens with zero attached hydrogens (tertiary/aromatic N) is 3. The van der Waals surface area contributed by atoms with Crippen LogP contribution >= 0.6 is 0 Å². The van der Waals surface area contributed by atoms with Crippen molar-refractivity contribution in [3.63, 3.8) is 0 Å². The maximum atomic E-state index is 12.8. The van der Waals surface area contributed by atoms with Crippen molar-refractivity contribution in [2.75, 3.05) is 18.0 Å². The van der Waals surface area contributed by atoms with Gasteiger partial charge in [-0.1, -0.05) is 6.42 Å². The molecular weight excluding hydrogens is 219 g/mol. The first-order valence-corrected chi connectivity index (χ1v) is 6.20. The van der Waals surface area contributed by atoms with E-state index < -0.39 is 5.82 Å². The van der Waals surface area contributed by atoms with Crippen LogP contribution in [0.15, 0.2) is 12.4 Å². The van der Waals surface area contributed by atoms with Crippen LogP contribution in [0.5, 0.6) is 0 Å². The lowest BCUT2D eigenvalue weighted by molar-refractivity contribution is 0.455. The predicted molar refractivity (Wildman–Crippen MR) is 65.2 cm³/mol. The van der Waals surface area contributed by atoms with Gasteiger partial charge in [-0.15, -0.1) is 0 Å². The third-order valence-corrected chi connectivity index (χ3v) is 3.53. The first-order chi connectivity index (χ1) is 8.26. The second kappa shape index (κ2) is 5.40. The Kier molecular flexibility index (Phi) is 3.89. The van der Waals surface area contributed by atoms with Crippen molar-refractivity contribution < 1.29 is 4.39 Å². The smallest absolute Gasteiger partial charge is 0.225 e. The molecule has 2 rings (SSSR count). The molecule has 1 fully saturated rings. The van der Waals surface area contributed by atoms with Gasteiger partial charge in [0.05, 0.1) is 12.4 Å². The number of rotatable bonds is 4. The Balaban J connectivity index is 2.18. The third kappa shape index (κ3) is 2.54. The summed E-state index contributed by atoms with van der Waals surface area (Å²) in [5.41, 5.74) is 5.79. The van der Waals surface area contributed by atoms with E-state index in [1.807, 2.05) is 0 Å². The van der Waals surface area contributed by atoms with Crippen molar-refractivity contribution in [1.29, 1.82) is 0 Å². The van der Waals surface area contributed by atoms with Crippen LogP contribution in [0.3, 0.4) is 0 Å². The first kappa shape index (κ1) is 12.2. The molecule has 1 aliphatic rings. The number of nitrogens with two attached hydrogens (primary N) is 1. The van der Waals surface area contributed by atoms with Gasteiger partial charge in [0.25, 0.3) is 0 Å². The second-order valence-electron chi connectivity index (χ2n) is 4.48. The van der Waals surface area contributed by atoms with Crippen molar-refractivity contribution in [3.8, 4) is 0 Å². The molecule has 94 valence electrons.